The number of aliphatic hydroxyl groups is 6. The number of carboxylic acid groups (broad SMARTS) is 1. The van der Waals surface area contributed by atoms with Gasteiger partial charge in [0.2, 0.25) is 5.91 Å². The second-order valence-corrected chi connectivity index (χ2v) is 21.4. The minimum absolute atomic E-state index is 0.0181. The maximum atomic E-state index is 13.1. The molecule has 14 heteroatoms. The van der Waals surface area contributed by atoms with Crippen LogP contribution < -0.4 is 5.32 Å². The first-order chi connectivity index (χ1) is 27.0. The quantitative estimate of drug-likeness (QED) is 0.130. The van der Waals surface area contributed by atoms with Gasteiger partial charge in [-0.2, -0.15) is 0 Å². The highest BCUT2D eigenvalue weighted by Crippen LogP contribution is 2.76. The number of hydrogen-bond acceptors (Lipinski definition) is 12. The lowest BCUT2D eigenvalue weighted by atomic mass is 9.33. The molecule has 18 atom stereocenters. The number of aliphatic carboxylic acids is 1. The average Bonchev–Trinajstić information content (AvgIpc) is 3.14. The van der Waals surface area contributed by atoms with Crippen LogP contribution in [0.5, 0.6) is 0 Å². The zero-order chi connectivity index (χ0) is 42.5. The molecule has 0 radical (unpaired) electrons. The molecule has 7 rings (SSSR count). The highest BCUT2D eigenvalue weighted by atomic mass is 16.7. The molecule has 0 spiro atoms. The molecule has 7 aliphatic rings. The predicted octanol–water partition coefficient (Wildman–Crippen LogP) is 3.03. The molecular formula is C44H71NO13. The number of hydrogen-bond donors (Lipinski definition) is 8. The summed E-state index contributed by atoms with van der Waals surface area (Å²) in [5.74, 6) is -0.389. The monoisotopic (exact) mass is 821 g/mol. The highest BCUT2D eigenvalue weighted by Gasteiger charge is 2.69. The van der Waals surface area contributed by atoms with Crippen molar-refractivity contribution >= 4 is 11.9 Å². The van der Waals surface area contributed by atoms with Crippen molar-refractivity contribution in [2.24, 2.45) is 50.2 Å². The second kappa shape index (κ2) is 15.3. The largest absolute Gasteiger partial charge is 0.481 e. The lowest BCUT2D eigenvalue weighted by Gasteiger charge is -2.71. The van der Waals surface area contributed by atoms with Crippen LogP contribution in [0.4, 0.5) is 0 Å². The van der Waals surface area contributed by atoms with E-state index >= 15 is 0 Å². The first kappa shape index (κ1) is 44.3. The van der Waals surface area contributed by atoms with E-state index in [1.54, 1.807) is 0 Å². The minimum atomic E-state index is -1.66. The lowest BCUT2D eigenvalue weighted by molar-refractivity contribution is -0.331. The number of rotatable bonds is 8. The summed E-state index contributed by atoms with van der Waals surface area (Å²) in [6.45, 7) is 16.7. The summed E-state index contributed by atoms with van der Waals surface area (Å²) in [7, 11) is 0. The van der Waals surface area contributed by atoms with Crippen molar-refractivity contribution in [3.05, 3.63) is 11.6 Å². The molecule has 8 N–H and O–H groups in total. The van der Waals surface area contributed by atoms with Crippen LogP contribution in [0.15, 0.2) is 11.6 Å². The highest BCUT2D eigenvalue weighted by molar-refractivity contribution is 5.76. The van der Waals surface area contributed by atoms with Gasteiger partial charge in [0.25, 0.3) is 0 Å². The summed E-state index contributed by atoms with van der Waals surface area (Å²) in [5.41, 5.74) is 0.267. The molecule has 0 aromatic carbocycles. The van der Waals surface area contributed by atoms with Gasteiger partial charge in [-0.3, -0.25) is 9.59 Å². The van der Waals surface area contributed by atoms with Gasteiger partial charge in [0.05, 0.1) is 24.7 Å². The summed E-state index contributed by atoms with van der Waals surface area (Å²) >= 11 is 0. The van der Waals surface area contributed by atoms with Crippen LogP contribution in [0.25, 0.3) is 0 Å². The molecule has 2 heterocycles. The van der Waals surface area contributed by atoms with Crippen molar-refractivity contribution < 1.29 is 64.3 Å². The third-order valence-electron chi connectivity index (χ3n) is 17.6. The maximum absolute atomic E-state index is 13.1. The molecule has 58 heavy (non-hydrogen) atoms. The molecule has 4 saturated carbocycles. The van der Waals surface area contributed by atoms with E-state index < -0.39 is 91.9 Å². The number of carbonyl (C=O) groups excluding carboxylic acids is 1. The van der Waals surface area contributed by atoms with E-state index in [0.717, 1.165) is 51.4 Å². The number of nitrogens with one attached hydrogen (secondary N) is 1. The van der Waals surface area contributed by atoms with Crippen molar-refractivity contribution in [1.29, 1.82) is 0 Å². The van der Waals surface area contributed by atoms with Gasteiger partial charge < -0.3 is 60.0 Å². The molecule has 2 saturated heterocycles. The van der Waals surface area contributed by atoms with E-state index in [-0.39, 0.29) is 45.0 Å². The Morgan fingerprint density at radius 1 is 0.793 bits per heavy atom. The Hall–Kier alpha value is -1.72. The smallest absolute Gasteiger partial charge is 0.310 e. The van der Waals surface area contributed by atoms with Gasteiger partial charge in [0.15, 0.2) is 12.6 Å². The summed E-state index contributed by atoms with van der Waals surface area (Å²) in [5, 5.41) is 76.6. The number of ether oxygens (including phenoxy) is 4. The Morgan fingerprint density at radius 2 is 1.45 bits per heavy atom. The Balaban J connectivity index is 1.11. The fraction of sp³-hybridized carbons (Fsp3) is 0.909. The molecule has 14 nitrogen and oxygen atoms in total. The fourth-order valence-corrected chi connectivity index (χ4v) is 14.0. The summed E-state index contributed by atoms with van der Waals surface area (Å²) in [4.78, 5) is 25.5. The second-order valence-electron chi connectivity index (χ2n) is 21.4. The van der Waals surface area contributed by atoms with E-state index in [1.807, 2.05) is 0 Å². The Bertz CT molecular complexity index is 1600. The number of carboxylic acids is 1. The van der Waals surface area contributed by atoms with E-state index in [9.17, 15) is 45.3 Å². The standard InChI is InChI=1S/C44H71NO13/c1-22(47)45-30-33(50)32(49)26(21-55-37-35(52)34(51)31(48)25(20-46)56-37)57-36(30)58-29-12-13-41(6)27(40(29,4)5)11-14-43(8)28(41)10-9-23-24-19-39(2,3)15-17-44(24,38(53)54)18-16-42(23,43)7/h9,24-37,46,48-52H,10-21H2,1-8H3,(H,45,47)(H,53,54)/t24-,25+,26+,27-,28+,29-,30+,31+,32+,33+,34-,35+,36-,37+,41-,42+,43+,44-/m0/s1. The van der Waals surface area contributed by atoms with Gasteiger partial charge in [-0.1, -0.05) is 60.1 Å². The molecule has 0 aromatic heterocycles. The van der Waals surface area contributed by atoms with Crippen molar-refractivity contribution in [1.82, 2.24) is 5.32 Å². The average molecular weight is 822 g/mol. The van der Waals surface area contributed by atoms with Gasteiger partial charge in [0.1, 0.15) is 48.8 Å². The molecule has 1 amide bonds. The van der Waals surface area contributed by atoms with Crippen LogP contribution in [0, 0.1) is 50.2 Å². The van der Waals surface area contributed by atoms with Crippen LogP contribution in [0.2, 0.25) is 0 Å². The van der Waals surface area contributed by atoms with Crippen molar-refractivity contribution in [2.45, 2.75) is 187 Å². The first-order valence-electron chi connectivity index (χ1n) is 21.8. The number of fused-ring (bicyclic) bond motifs is 7. The topological polar surface area (TPSA) is 225 Å². The molecule has 0 aromatic rings. The number of carbonyl (C=O) groups is 2. The molecule has 6 fully saturated rings. The molecule has 5 aliphatic carbocycles. The van der Waals surface area contributed by atoms with Crippen LogP contribution in [-0.4, -0.2) is 128 Å². The molecular weight excluding hydrogens is 750 g/mol. The Kier molecular flexibility index (Phi) is 11.7. The molecule has 330 valence electrons. The minimum Gasteiger partial charge on any atom is -0.481 e. The fourth-order valence-electron chi connectivity index (χ4n) is 14.0. The Morgan fingerprint density at radius 3 is 2.10 bits per heavy atom. The van der Waals surface area contributed by atoms with Crippen molar-refractivity contribution in [3.8, 4) is 0 Å². The first-order valence-corrected chi connectivity index (χ1v) is 21.8. The van der Waals surface area contributed by atoms with Gasteiger partial charge in [0, 0.05) is 6.92 Å². The van der Waals surface area contributed by atoms with Crippen molar-refractivity contribution in [3.63, 3.8) is 0 Å². The molecule has 0 unspecified atom stereocenters. The van der Waals surface area contributed by atoms with Crippen LogP contribution in [0.3, 0.4) is 0 Å². The third kappa shape index (κ3) is 6.82. The summed E-state index contributed by atoms with van der Waals surface area (Å²) < 4.78 is 24.3. The van der Waals surface area contributed by atoms with E-state index in [4.69, 9.17) is 18.9 Å². The third-order valence-corrected chi connectivity index (χ3v) is 17.6. The lowest BCUT2D eigenvalue weighted by Crippen LogP contribution is -2.67. The molecule has 0 bridgehead atoms. The van der Waals surface area contributed by atoms with Gasteiger partial charge in [-0.05, 0) is 109 Å². The van der Waals surface area contributed by atoms with E-state index in [1.165, 1.54) is 12.5 Å². The number of aliphatic hydroxyl groups excluding tert-OH is 6. The number of amides is 1. The zero-order valence-corrected chi connectivity index (χ0v) is 35.7. The zero-order valence-electron chi connectivity index (χ0n) is 35.7. The van der Waals surface area contributed by atoms with Gasteiger partial charge in [-0.15, -0.1) is 0 Å². The Labute approximate surface area is 343 Å². The normalized spacial score (nSPS) is 50.9. The van der Waals surface area contributed by atoms with Crippen LogP contribution in [0.1, 0.15) is 120 Å². The maximum Gasteiger partial charge on any atom is 0.310 e. The number of allylic oxidation sites excluding steroid dienone is 2. The van der Waals surface area contributed by atoms with Crippen LogP contribution in [-0.2, 0) is 28.5 Å². The van der Waals surface area contributed by atoms with Gasteiger partial charge >= 0.3 is 5.97 Å². The van der Waals surface area contributed by atoms with Crippen molar-refractivity contribution in [2.75, 3.05) is 13.2 Å². The van der Waals surface area contributed by atoms with Gasteiger partial charge in [-0.25, -0.2) is 0 Å². The van der Waals surface area contributed by atoms with E-state index in [0.29, 0.717) is 18.8 Å². The summed E-state index contributed by atoms with van der Waals surface area (Å²) in [6, 6.07) is -1.11. The van der Waals surface area contributed by atoms with E-state index in [2.05, 4.69) is 59.9 Å². The summed E-state index contributed by atoms with van der Waals surface area (Å²) in [6.07, 6.45) is -2.20. The SMILES string of the molecule is CC(=O)N[C@H]1[C@H](O[C@H]2CC[C@]3(C)[C@H]4CC=C5[C@@H]6CC(C)(C)CC[C@]6(C(=O)O)CC[C@@]5(C)[C@]4(C)CC[C@H]3C2(C)C)O[C@H](CO[C@@H]2O[C@H](CO)[C@@H](O)[C@H](O)[C@H]2O)[C@@H](O)[C@@H]1O. The molecule has 2 aliphatic heterocycles. The predicted molar refractivity (Wildman–Crippen MR) is 210 cm³/mol. The van der Waals surface area contributed by atoms with Crippen LogP contribution >= 0.6 is 0 Å².